The first-order chi connectivity index (χ1) is 11.2. The van der Waals surface area contributed by atoms with Crippen molar-refractivity contribution in [1.82, 2.24) is 0 Å². The molecule has 0 aliphatic heterocycles. The van der Waals surface area contributed by atoms with Crippen LogP contribution in [0, 0.1) is 6.92 Å². The van der Waals surface area contributed by atoms with E-state index in [-0.39, 0.29) is 5.76 Å². The molecule has 1 aromatic heterocycles. The van der Waals surface area contributed by atoms with E-state index in [2.05, 4.69) is 0 Å². The molecule has 0 saturated heterocycles. The highest BCUT2D eigenvalue weighted by molar-refractivity contribution is 5.97. The molecule has 23 heavy (non-hydrogen) atoms. The summed E-state index contributed by atoms with van der Waals surface area (Å²) < 4.78 is 11.2. The van der Waals surface area contributed by atoms with E-state index in [0.717, 1.165) is 5.56 Å². The number of carboxylic acid groups (broad SMARTS) is 1. The van der Waals surface area contributed by atoms with Gasteiger partial charge in [-0.3, -0.25) is 0 Å². The Balaban J connectivity index is 1.80. The van der Waals surface area contributed by atoms with Gasteiger partial charge in [0.2, 0.25) is 5.76 Å². The maximum Gasteiger partial charge on any atom is 0.372 e. The molecule has 116 valence electrons. The molecule has 0 unspecified atom stereocenters. The van der Waals surface area contributed by atoms with Crippen LogP contribution in [-0.2, 0) is 0 Å². The van der Waals surface area contributed by atoms with Gasteiger partial charge in [0.05, 0.1) is 5.39 Å². The first-order valence-corrected chi connectivity index (χ1v) is 7.26. The molecule has 0 amide bonds. The van der Waals surface area contributed by atoms with Crippen molar-refractivity contribution in [2.45, 2.75) is 6.92 Å². The second-order valence-corrected chi connectivity index (χ2v) is 5.11. The molecule has 0 spiro atoms. The van der Waals surface area contributed by atoms with E-state index in [1.807, 2.05) is 48.6 Å². The minimum Gasteiger partial charge on any atom is -0.489 e. The Morgan fingerprint density at radius 3 is 2.70 bits per heavy atom. The van der Waals surface area contributed by atoms with Crippen LogP contribution in [0.3, 0.4) is 0 Å². The van der Waals surface area contributed by atoms with Crippen LogP contribution in [0.15, 0.2) is 59.0 Å². The van der Waals surface area contributed by atoms with Crippen LogP contribution in [0.4, 0.5) is 0 Å². The Kier molecular flexibility index (Phi) is 4.15. The summed E-state index contributed by atoms with van der Waals surface area (Å²) in [6.07, 6.45) is 3.90. The summed E-state index contributed by atoms with van der Waals surface area (Å²) >= 11 is 0. The number of furan rings is 1. The van der Waals surface area contributed by atoms with Gasteiger partial charge in [0, 0.05) is 5.56 Å². The van der Waals surface area contributed by atoms with E-state index in [4.69, 9.17) is 14.3 Å². The minimum atomic E-state index is -1.08. The standard InChI is InChI=1S/C19H16O4/c1-13-17-15(10-5-11-16(17)23-18(13)19(20)21)22-12-6-9-14-7-3-2-4-8-14/h2-11H,12H2,1H3,(H,20,21). The summed E-state index contributed by atoms with van der Waals surface area (Å²) in [6, 6.07) is 15.3. The van der Waals surface area contributed by atoms with Gasteiger partial charge in [-0.2, -0.15) is 0 Å². The van der Waals surface area contributed by atoms with Gasteiger partial charge in [0.1, 0.15) is 17.9 Å². The maximum atomic E-state index is 11.2. The quantitative estimate of drug-likeness (QED) is 0.752. The van der Waals surface area contributed by atoms with E-state index in [1.165, 1.54) is 0 Å². The number of rotatable bonds is 5. The van der Waals surface area contributed by atoms with E-state index in [9.17, 15) is 4.79 Å². The summed E-state index contributed by atoms with van der Waals surface area (Å²) in [5.41, 5.74) is 2.20. The predicted octanol–water partition coefficient (Wildman–Crippen LogP) is 4.53. The zero-order valence-electron chi connectivity index (χ0n) is 12.7. The number of benzene rings is 2. The molecule has 4 heteroatoms. The zero-order valence-corrected chi connectivity index (χ0v) is 12.7. The van der Waals surface area contributed by atoms with Crippen molar-refractivity contribution < 1.29 is 19.1 Å². The number of ether oxygens (including phenoxy) is 1. The summed E-state index contributed by atoms with van der Waals surface area (Å²) in [6.45, 7) is 2.11. The summed E-state index contributed by atoms with van der Waals surface area (Å²) in [7, 11) is 0. The largest absolute Gasteiger partial charge is 0.489 e. The highest BCUT2D eigenvalue weighted by Crippen LogP contribution is 2.33. The van der Waals surface area contributed by atoms with Crippen molar-refractivity contribution in [3.8, 4) is 5.75 Å². The first-order valence-electron chi connectivity index (χ1n) is 7.26. The van der Waals surface area contributed by atoms with Gasteiger partial charge in [-0.1, -0.05) is 42.5 Å². The number of aromatic carboxylic acids is 1. The van der Waals surface area contributed by atoms with Crippen molar-refractivity contribution >= 4 is 23.0 Å². The summed E-state index contributed by atoms with van der Waals surface area (Å²) in [5.74, 6) is -0.501. The highest BCUT2D eigenvalue weighted by Gasteiger charge is 2.19. The molecule has 0 bridgehead atoms. The van der Waals surface area contributed by atoms with Gasteiger partial charge >= 0.3 is 5.97 Å². The Hall–Kier alpha value is -3.01. The highest BCUT2D eigenvalue weighted by atomic mass is 16.5. The Bertz CT molecular complexity index is 860. The molecule has 1 heterocycles. The summed E-state index contributed by atoms with van der Waals surface area (Å²) in [5, 5.41) is 9.86. The van der Waals surface area contributed by atoms with E-state index >= 15 is 0 Å². The predicted molar refractivity (Wildman–Crippen MR) is 88.9 cm³/mol. The molecule has 0 aliphatic rings. The number of hydrogen-bond donors (Lipinski definition) is 1. The molecule has 0 saturated carbocycles. The van der Waals surface area contributed by atoms with Gasteiger partial charge < -0.3 is 14.3 Å². The molecule has 0 aliphatic carbocycles. The van der Waals surface area contributed by atoms with Gasteiger partial charge in [0.15, 0.2) is 0 Å². The lowest BCUT2D eigenvalue weighted by molar-refractivity contribution is 0.0664. The smallest absolute Gasteiger partial charge is 0.372 e. The molecule has 3 rings (SSSR count). The fraction of sp³-hybridized carbons (Fsp3) is 0.105. The lowest BCUT2D eigenvalue weighted by Crippen LogP contribution is -1.96. The SMILES string of the molecule is Cc1c(C(=O)O)oc2cccc(OCC=Cc3ccccc3)c12. The topological polar surface area (TPSA) is 59.7 Å². The van der Waals surface area contributed by atoms with E-state index < -0.39 is 5.97 Å². The second kappa shape index (κ2) is 6.40. The number of carboxylic acids is 1. The molecule has 0 radical (unpaired) electrons. The molecular weight excluding hydrogens is 292 g/mol. The van der Waals surface area contributed by atoms with Crippen LogP contribution in [-0.4, -0.2) is 17.7 Å². The molecule has 0 atom stereocenters. The average Bonchev–Trinajstić information content (AvgIpc) is 2.91. The normalized spacial score (nSPS) is 11.2. The Labute approximate surface area is 133 Å². The van der Waals surface area contributed by atoms with Gasteiger partial charge in [-0.05, 0) is 30.7 Å². The van der Waals surface area contributed by atoms with Crippen LogP contribution >= 0.6 is 0 Å². The Morgan fingerprint density at radius 1 is 1.17 bits per heavy atom. The van der Waals surface area contributed by atoms with Crippen molar-refractivity contribution in [3.63, 3.8) is 0 Å². The van der Waals surface area contributed by atoms with Crippen LogP contribution in [0.5, 0.6) is 5.75 Å². The number of fused-ring (bicyclic) bond motifs is 1. The van der Waals surface area contributed by atoms with Crippen LogP contribution in [0.1, 0.15) is 21.7 Å². The van der Waals surface area contributed by atoms with E-state index in [1.54, 1.807) is 19.1 Å². The second-order valence-electron chi connectivity index (χ2n) is 5.11. The van der Waals surface area contributed by atoms with Crippen LogP contribution in [0.25, 0.3) is 17.0 Å². The molecule has 3 aromatic rings. The molecule has 1 N–H and O–H groups in total. The molecule has 4 nitrogen and oxygen atoms in total. The average molecular weight is 308 g/mol. The molecule has 0 fully saturated rings. The molecule has 2 aromatic carbocycles. The van der Waals surface area contributed by atoms with Crippen molar-refractivity contribution in [2.24, 2.45) is 0 Å². The Morgan fingerprint density at radius 2 is 1.96 bits per heavy atom. The van der Waals surface area contributed by atoms with Gasteiger partial charge in [-0.15, -0.1) is 0 Å². The van der Waals surface area contributed by atoms with Gasteiger partial charge in [0.25, 0.3) is 0 Å². The van der Waals surface area contributed by atoms with Crippen molar-refractivity contribution in [1.29, 1.82) is 0 Å². The lowest BCUT2D eigenvalue weighted by Gasteiger charge is -2.05. The van der Waals surface area contributed by atoms with Crippen molar-refractivity contribution in [3.05, 3.63) is 71.5 Å². The van der Waals surface area contributed by atoms with Crippen molar-refractivity contribution in [2.75, 3.05) is 6.61 Å². The fourth-order valence-electron chi connectivity index (χ4n) is 2.48. The monoisotopic (exact) mass is 308 g/mol. The maximum absolute atomic E-state index is 11.2. The first kappa shape index (κ1) is 14.9. The third-order valence-electron chi connectivity index (χ3n) is 3.55. The lowest BCUT2D eigenvalue weighted by atomic mass is 10.1. The van der Waals surface area contributed by atoms with Gasteiger partial charge in [-0.25, -0.2) is 4.79 Å². The van der Waals surface area contributed by atoms with E-state index in [0.29, 0.717) is 28.9 Å². The van der Waals surface area contributed by atoms with Crippen LogP contribution < -0.4 is 4.74 Å². The number of carbonyl (C=O) groups is 1. The number of hydrogen-bond acceptors (Lipinski definition) is 3. The van der Waals surface area contributed by atoms with Crippen LogP contribution in [0.2, 0.25) is 0 Å². The zero-order chi connectivity index (χ0) is 16.2. The minimum absolute atomic E-state index is 0.0455. The fourth-order valence-corrected chi connectivity index (χ4v) is 2.48. The summed E-state index contributed by atoms with van der Waals surface area (Å²) in [4.78, 5) is 11.2. The third kappa shape index (κ3) is 3.11. The number of aryl methyl sites for hydroxylation is 1. The third-order valence-corrected chi connectivity index (χ3v) is 3.55. The molecular formula is C19H16O4.